The fraction of sp³-hybridized carbons (Fsp3) is 0.261. The van der Waals surface area contributed by atoms with Crippen LogP contribution in [0, 0.1) is 0 Å². The van der Waals surface area contributed by atoms with Crippen molar-refractivity contribution in [3.8, 4) is 28.4 Å². The molecule has 0 aliphatic carbocycles. The number of aromatic nitrogens is 4. The number of nitrogen functional groups attached to an aromatic ring is 1. The second kappa shape index (κ2) is 8.53. The van der Waals surface area contributed by atoms with E-state index in [1.807, 2.05) is 42.5 Å². The van der Waals surface area contributed by atoms with Crippen LogP contribution in [0.1, 0.15) is 12.8 Å². The van der Waals surface area contributed by atoms with Gasteiger partial charge in [0.2, 0.25) is 0 Å². The molecule has 0 saturated carbocycles. The Kier molecular flexibility index (Phi) is 5.44. The van der Waals surface area contributed by atoms with E-state index in [0.29, 0.717) is 28.9 Å². The van der Waals surface area contributed by atoms with E-state index >= 15 is 0 Å². The minimum Gasteiger partial charge on any atom is -0.474 e. The van der Waals surface area contributed by atoms with Crippen LogP contribution in [0.15, 0.2) is 48.7 Å². The van der Waals surface area contributed by atoms with Crippen molar-refractivity contribution < 1.29 is 4.74 Å². The number of nitrogens with zero attached hydrogens (tertiary/aromatic N) is 4. The average Bonchev–Trinajstić information content (AvgIpc) is 3.47. The Morgan fingerprint density at radius 3 is 2.61 bits per heavy atom. The molecular formula is C23H23ClN6O. The maximum absolute atomic E-state index is 6.50. The monoisotopic (exact) mass is 434 g/mol. The number of halogens is 1. The lowest BCUT2D eigenvalue weighted by Crippen LogP contribution is -2.25. The Balaban J connectivity index is 1.55. The number of aromatic amines is 1. The zero-order valence-corrected chi connectivity index (χ0v) is 17.8. The van der Waals surface area contributed by atoms with E-state index in [1.54, 1.807) is 6.20 Å². The van der Waals surface area contributed by atoms with Gasteiger partial charge in [-0.1, -0.05) is 41.9 Å². The molecule has 3 heterocycles. The van der Waals surface area contributed by atoms with Crippen LogP contribution in [0.5, 0.6) is 5.88 Å². The van der Waals surface area contributed by atoms with Crippen LogP contribution in [-0.2, 0) is 0 Å². The van der Waals surface area contributed by atoms with Crippen molar-refractivity contribution in [2.45, 2.75) is 12.8 Å². The second-order valence-corrected chi connectivity index (χ2v) is 8.07. The molecule has 0 atom stereocenters. The molecule has 3 N–H and O–H groups in total. The number of hydrogen-bond donors (Lipinski definition) is 2. The molecule has 1 saturated heterocycles. The minimum absolute atomic E-state index is 0.277. The first-order valence-corrected chi connectivity index (χ1v) is 10.8. The average molecular weight is 435 g/mol. The van der Waals surface area contributed by atoms with Crippen molar-refractivity contribution in [1.29, 1.82) is 0 Å². The Morgan fingerprint density at radius 2 is 1.81 bits per heavy atom. The van der Waals surface area contributed by atoms with E-state index in [1.165, 1.54) is 12.8 Å². The van der Waals surface area contributed by atoms with Gasteiger partial charge in [0.05, 0.1) is 22.4 Å². The third-order valence-corrected chi connectivity index (χ3v) is 5.85. The molecule has 4 aromatic rings. The quantitative estimate of drug-likeness (QED) is 0.467. The zero-order chi connectivity index (χ0) is 21.2. The van der Waals surface area contributed by atoms with Crippen molar-refractivity contribution in [1.82, 2.24) is 25.1 Å². The van der Waals surface area contributed by atoms with Crippen molar-refractivity contribution in [2.24, 2.45) is 0 Å². The summed E-state index contributed by atoms with van der Waals surface area (Å²) in [6.45, 7) is 3.60. The number of ether oxygens (including phenoxy) is 1. The summed E-state index contributed by atoms with van der Waals surface area (Å²) in [5, 5.41) is 8.48. The highest BCUT2D eigenvalue weighted by Crippen LogP contribution is 2.36. The number of benzene rings is 2. The van der Waals surface area contributed by atoms with Gasteiger partial charge in [-0.05, 0) is 38.1 Å². The Labute approximate surface area is 185 Å². The lowest BCUT2D eigenvalue weighted by Gasteiger charge is -2.17. The normalized spacial score (nSPS) is 14.4. The van der Waals surface area contributed by atoms with Gasteiger partial charge in [-0.3, -0.25) is 10.00 Å². The van der Waals surface area contributed by atoms with E-state index in [-0.39, 0.29) is 5.82 Å². The van der Waals surface area contributed by atoms with Gasteiger partial charge in [0.25, 0.3) is 5.88 Å². The fourth-order valence-corrected chi connectivity index (χ4v) is 4.24. The molecule has 1 aliphatic rings. The highest BCUT2D eigenvalue weighted by atomic mass is 35.5. The van der Waals surface area contributed by atoms with E-state index in [2.05, 4.69) is 20.1 Å². The largest absolute Gasteiger partial charge is 0.474 e. The summed E-state index contributed by atoms with van der Waals surface area (Å²) >= 11 is 6.50. The van der Waals surface area contributed by atoms with Gasteiger partial charge in [-0.25, -0.2) is 9.97 Å². The smallest absolute Gasteiger partial charge is 0.257 e. The number of H-pyrrole nitrogens is 1. The molecule has 2 aromatic heterocycles. The van der Waals surface area contributed by atoms with Gasteiger partial charge < -0.3 is 10.5 Å². The summed E-state index contributed by atoms with van der Waals surface area (Å²) in [6, 6.07) is 13.7. The number of anilines is 1. The van der Waals surface area contributed by atoms with E-state index in [4.69, 9.17) is 27.1 Å². The summed E-state index contributed by atoms with van der Waals surface area (Å²) in [6.07, 6.45) is 4.23. The van der Waals surface area contributed by atoms with Gasteiger partial charge in [0, 0.05) is 23.1 Å². The molecule has 1 aliphatic heterocycles. The number of hydrogen-bond acceptors (Lipinski definition) is 6. The second-order valence-electron chi connectivity index (χ2n) is 7.67. The molecule has 0 bridgehead atoms. The van der Waals surface area contributed by atoms with Crippen LogP contribution < -0.4 is 10.5 Å². The first-order chi connectivity index (χ1) is 15.2. The van der Waals surface area contributed by atoms with Crippen LogP contribution >= 0.6 is 11.6 Å². The highest BCUT2D eigenvalue weighted by molar-refractivity contribution is 6.35. The van der Waals surface area contributed by atoms with E-state index in [9.17, 15) is 0 Å². The van der Waals surface area contributed by atoms with Crippen LogP contribution in [0.2, 0.25) is 5.02 Å². The third-order valence-electron chi connectivity index (χ3n) is 5.56. The first kappa shape index (κ1) is 19.8. The lowest BCUT2D eigenvalue weighted by molar-refractivity contribution is 0.232. The van der Waals surface area contributed by atoms with Crippen LogP contribution in [-0.4, -0.2) is 51.3 Å². The Bertz CT molecular complexity index is 1200. The maximum atomic E-state index is 6.50. The SMILES string of the molecule is Nc1nc(-c2ccccc2)c(-c2cc(Cl)c3[nH]ncc3c2)nc1OCCN1CCCC1. The number of nitrogens with two attached hydrogens (primary N) is 1. The summed E-state index contributed by atoms with van der Waals surface area (Å²) < 4.78 is 5.96. The predicted molar refractivity (Wildman–Crippen MR) is 123 cm³/mol. The van der Waals surface area contributed by atoms with Gasteiger partial charge >= 0.3 is 0 Å². The molecule has 0 radical (unpaired) electrons. The van der Waals surface area contributed by atoms with Gasteiger partial charge in [0.15, 0.2) is 5.82 Å². The van der Waals surface area contributed by atoms with Crippen molar-refractivity contribution in [2.75, 3.05) is 32.0 Å². The van der Waals surface area contributed by atoms with Crippen LogP contribution in [0.3, 0.4) is 0 Å². The number of nitrogens with one attached hydrogen (secondary N) is 1. The zero-order valence-electron chi connectivity index (χ0n) is 17.0. The Morgan fingerprint density at radius 1 is 1.03 bits per heavy atom. The molecule has 2 aromatic carbocycles. The molecule has 0 amide bonds. The molecule has 31 heavy (non-hydrogen) atoms. The third kappa shape index (κ3) is 4.06. The number of likely N-dealkylation sites (tertiary alicyclic amines) is 1. The molecule has 7 nitrogen and oxygen atoms in total. The van der Waals surface area contributed by atoms with Crippen molar-refractivity contribution >= 4 is 28.3 Å². The van der Waals surface area contributed by atoms with Crippen LogP contribution in [0.25, 0.3) is 33.4 Å². The number of fused-ring (bicyclic) bond motifs is 1. The molecule has 0 unspecified atom stereocenters. The first-order valence-electron chi connectivity index (χ1n) is 10.4. The molecule has 5 rings (SSSR count). The van der Waals surface area contributed by atoms with Gasteiger partial charge in [-0.15, -0.1) is 0 Å². The molecule has 0 spiro atoms. The highest BCUT2D eigenvalue weighted by Gasteiger charge is 2.19. The molecule has 158 valence electrons. The fourth-order valence-electron chi connectivity index (χ4n) is 3.97. The lowest BCUT2D eigenvalue weighted by atomic mass is 10.0. The summed E-state index contributed by atoms with van der Waals surface area (Å²) in [4.78, 5) is 11.9. The van der Waals surface area contributed by atoms with Crippen molar-refractivity contribution in [3.05, 3.63) is 53.7 Å². The van der Waals surface area contributed by atoms with Gasteiger partial charge in [-0.2, -0.15) is 5.10 Å². The Hall–Kier alpha value is -3.16. The predicted octanol–water partition coefficient (Wildman–Crippen LogP) is 4.40. The van der Waals surface area contributed by atoms with Crippen LogP contribution in [0.4, 0.5) is 5.82 Å². The summed E-state index contributed by atoms with van der Waals surface area (Å²) in [7, 11) is 0. The summed E-state index contributed by atoms with van der Waals surface area (Å²) in [5.41, 5.74) is 10.1. The molecular weight excluding hydrogens is 412 g/mol. The molecule has 8 heteroatoms. The standard InChI is InChI=1S/C23H23ClN6O/c24-18-13-16(12-17-14-26-29-19(17)18)21-20(15-6-2-1-3-7-15)27-22(25)23(28-21)31-11-10-30-8-4-5-9-30/h1-3,6-7,12-14H,4-5,8-11H2,(H2,25,27)(H,26,29). The van der Waals surface area contributed by atoms with Gasteiger partial charge in [0.1, 0.15) is 12.3 Å². The number of rotatable bonds is 6. The van der Waals surface area contributed by atoms with E-state index in [0.717, 1.165) is 41.7 Å². The van der Waals surface area contributed by atoms with Crippen molar-refractivity contribution in [3.63, 3.8) is 0 Å². The topological polar surface area (TPSA) is 93.0 Å². The summed E-state index contributed by atoms with van der Waals surface area (Å²) in [5.74, 6) is 0.622. The van der Waals surface area contributed by atoms with E-state index < -0.39 is 0 Å². The molecule has 1 fully saturated rings. The minimum atomic E-state index is 0.277. The maximum Gasteiger partial charge on any atom is 0.257 e.